The summed E-state index contributed by atoms with van der Waals surface area (Å²) in [4.78, 5) is 44.9. The lowest BCUT2D eigenvalue weighted by molar-refractivity contribution is -0.136. The maximum absolute atomic E-state index is 12.8. The van der Waals surface area contributed by atoms with Gasteiger partial charge in [0.1, 0.15) is 12.2 Å². The molecule has 0 saturated carbocycles. The van der Waals surface area contributed by atoms with Gasteiger partial charge in [-0.3, -0.25) is 19.5 Å². The molecular formula is C19H19N5O3. The van der Waals surface area contributed by atoms with Crippen molar-refractivity contribution >= 4 is 17.5 Å². The summed E-state index contributed by atoms with van der Waals surface area (Å²) in [6.07, 6.45) is 0. The molecule has 138 valence electrons. The number of aromatic amines is 1. The van der Waals surface area contributed by atoms with Gasteiger partial charge in [0.2, 0.25) is 5.91 Å². The maximum Gasteiger partial charge on any atom is 0.273 e. The zero-order valence-corrected chi connectivity index (χ0v) is 15.0. The summed E-state index contributed by atoms with van der Waals surface area (Å²) in [6, 6.07) is 12.3. The molecule has 0 radical (unpaired) electrons. The highest BCUT2D eigenvalue weighted by Gasteiger charge is 2.31. The molecule has 2 amide bonds. The van der Waals surface area contributed by atoms with Crippen molar-refractivity contribution in [3.8, 4) is 11.3 Å². The number of piperazine rings is 1. The molecule has 0 aliphatic carbocycles. The number of hydrogen-bond acceptors (Lipinski definition) is 4. The van der Waals surface area contributed by atoms with Gasteiger partial charge in [-0.2, -0.15) is 0 Å². The number of aromatic nitrogens is 3. The molecule has 1 fully saturated rings. The molecule has 1 atom stereocenters. The van der Waals surface area contributed by atoms with Crippen molar-refractivity contribution in [2.45, 2.75) is 13.0 Å². The number of carbonyl (C=O) groups is 2. The Morgan fingerprint density at radius 2 is 1.93 bits per heavy atom. The van der Waals surface area contributed by atoms with Crippen LogP contribution in [0.1, 0.15) is 17.4 Å². The van der Waals surface area contributed by atoms with Crippen LogP contribution in [0.15, 0.2) is 47.3 Å². The number of likely N-dealkylation sites (N-methyl/N-ethyl adjacent to an activating group) is 1. The van der Waals surface area contributed by atoms with Gasteiger partial charge in [-0.25, -0.2) is 9.50 Å². The van der Waals surface area contributed by atoms with E-state index >= 15 is 0 Å². The fourth-order valence-electron chi connectivity index (χ4n) is 3.21. The van der Waals surface area contributed by atoms with Crippen molar-refractivity contribution in [1.82, 2.24) is 24.4 Å². The summed E-state index contributed by atoms with van der Waals surface area (Å²) in [5, 5.41) is 2.81. The first-order valence-corrected chi connectivity index (χ1v) is 8.67. The van der Waals surface area contributed by atoms with E-state index in [4.69, 9.17) is 0 Å². The molecule has 1 saturated heterocycles. The van der Waals surface area contributed by atoms with Crippen LogP contribution in [0.5, 0.6) is 0 Å². The number of nitrogens with one attached hydrogen (secondary N) is 1. The highest BCUT2D eigenvalue weighted by molar-refractivity contribution is 5.96. The molecule has 1 aliphatic rings. The SMILES string of the molecule is CC1CN(C(=O)c2cc3nc(-c4ccccc4)cc(=O)n3[nH]2)CC(=O)N1C. The number of rotatable bonds is 2. The first kappa shape index (κ1) is 17.0. The van der Waals surface area contributed by atoms with Gasteiger partial charge in [0.25, 0.3) is 11.5 Å². The molecule has 3 aromatic rings. The van der Waals surface area contributed by atoms with Crippen molar-refractivity contribution in [2.75, 3.05) is 20.1 Å². The fourth-order valence-corrected chi connectivity index (χ4v) is 3.21. The second kappa shape index (κ2) is 6.39. The van der Waals surface area contributed by atoms with Gasteiger partial charge in [-0.1, -0.05) is 30.3 Å². The first-order valence-electron chi connectivity index (χ1n) is 8.67. The van der Waals surface area contributed by atoms with Crippen molar-refractivity contribution in [3.05, 3.63) is 58.5 Å². The molecule has 1 aliphatic heterocycles. The van der Waals surface area contributed by atoms with E-state index in [-0.39, 0.29) is 35.7 Å². The zero-order valence-electron chi connectivity index (χ0n) is 15.0. The average molecular weight is 365 g/mol. The van der Waals surface area contributed by atoms with Crippen molar-refractivity contribution in [1.29, 1.82) is 0 Å². The van der Waals surface area contributed by atoms with E-state index in [2.05, 4.69) is 10.1 Å². The Morgan fingerprint density at radius 1 is 1.19 bits per heavy atom. The quantitative estimate of drug-likeness (QED) is 0.733. The Balaban J connectivity index is 1.69. The summed E-state index contributed by atoms with van der Waals surface area (Å²) in [6.45, 7) is 2.35. The highest BCUT2D eigenvalue weighted by Crippen LogP contribution is 2.17. The number of fused-ring (bicyclic) bond motifs is 1. The van der Waals surface area contributed by atoms with E-state index in [1.54, 1.807) is 18.0 Å². The number of benzene rings is 1. The fraction of sp³-hybridized carbons (Fsp3) is 0.263. The molecular weight excluding hydrogens is 346 g/mol. The molecule has 2 aromatic heterocycles. The van der Waals surface area contributed by atoms with Crippen LogP contribution in [-0.2, 0) is 4.79 Å². The monoisotopic (exact) mass is 365 g/mol. The van der Waals surface area contributed by atoms with Crippen LogP contribution in [0, 0.1) is 0 Å². The van der Waals surface area contributed by atoms with Crippen LogP contribution in [-0.4, -0.2) is 62.4 Å². The van der Waals surface area contributed by atoms with E-state index in [0.29, 0.717) is 17.9 Å². The lowest BCUT2D eigenvalue weighted by atomic mass is 10.1. The number of carbonyl (C=O) groups excluding carboxylic acids is 2. The largest absolute Gasteiger partial charge is 0.340 e. The Kier molecular flexibility index (Phi) is 4.02. The van der Waals surface area contributed by atoms with Crippen LogP contribution in [0.3, 0.4) is 0 Å². The van der Waals surface area contributed by atoms with Gasteiger partial charge >= 0.3 is 0 Å². The summed E-state index contributed by atoms with van der Waals surface area (Å²) >= 11 is 0. The molecule has 1 aromatic carbocycles. The molecule has 3 heterocycles. The third-order valence-electron chi connectivity index (χ3n) is 4.90. The smallest absolute Gasteiger partial charge is 0.273 e. The van der Waals surface area contributed by atoms with Gasteiger partial charge in [-0.15, -0.1) is 0 Å². The zero-order chi connectivity index (χ0) is 19.1. The standard InChI is InChI=1S/C19H19N5O3/c1-12-10-23(11-18(26)22(12)2)19(27)15-8-16-20-14(9-17(25)24(16)21-15)13-6-4-3-5-7-13/h3-9,12,21H,10-11H2,1-2H3. The average Bonchev–Trinajstić information content (AvgIpc) is 3.10. The Labute approximate surface area is 155 Å². The molecule has 1 unspecified atom stereocenters. The number of H-pyrrole nitrogens is 1. The van der Waals surface area contributed by atoms with E-state index < -0.39 is 0 Å². The lowest BCUT2D eigenvalue weighted by Gasteiger charge is -2.36. The van der Waals surface area contributed by atoms with E-state index in [1.165, 1.54) is 15.5 Å². The number of nitrogens with zero attached hydrogens (tertiary/aromatic N) is 4. The van der Waals surface area contributed by atoms with Crippen molar-refractivity contribution < 1.29 is 9.59 Å². The summed E-state index contributed by atoms with van der Waals surface area (Å²) in [5.74, 6) is -0.436. The molecule has 8 nitrogen and oxygen atoms in total. The minimum atomic E-state index is -0.325. The normalized spacial score (nSPS) is 17.6. The van der Waals surface area contributed by atoms with Crippen LogP contribution >= 0.6 is 0 Å². The van der Waals surface area contributed by atoms with Crippen molar-refractivity contribution in [2.24, 2.45) is 0 Å². The van der Waals surface area contributed by atoms with Gasteiger partial charge in [0, 0.05) is 37.3 Å². The first-order chi connectivity index (χ1) is 12.9. The van der Waals surface area contributed by atoms with E-state index in [9.17, 15) is 14.4 Å². The molecule has 0 spiro atoms. The van der Waals surface area contributed by atoms with Gasteiger partial charge in [0.15, 0.2) is 5.65 Å². The van der Waals surface area contributed by atoms with E-state index in [1.807, 2.05) is 37.3 Å². The van der Waals surface area contributed by atoms with Gasteiger partial charge in [-0.05, 0) is 6.92 Å². The Hall–Kier alpha value is -3.42. The lowest BCUT2D eigenvalue weighted by Crippen LogP contribution is -2.55. The summed E-state index contributed by atoms with van der Waals surface area (Å²) in [7, 11) is 1.73. The molecule has 4 rings (SSSR count). The number of hydrogen-bond donors (Lipinski definition) is 1. The Morgan fingerprint density at radius 3 is 2.63 bits per heavy atom. The molecule has 0 bridgehead atoms. The third kappa shape index (κ3) is 2.99. The molecule has 8 heteroatoms. The number of amides is 2. The predicted octanol–water partition coefficient (Wildman–Crippen LogP) is 0.992. The second-order valence-corrected chi connectivity index (χ2v) is 6.75. The molecule has 27 heavy (non-hydrogen) atoms. The minimum Gasteiger partial charge on any atom is -0.340 e. The van der Waals surface area contributed by atoms with E-state index in [0.717, 1.165) is 5.56 Å². The van der Waals surface area contributed by atoms with Crippen LogP contribution in [0.25, 0.3) is 16.9 Å². The topological polar surface area (TPSA) is 90.8 Å². The Bertz CT molecular complexity index is 1090. The third-order valence-corrected chi connectivity index (χ3v) is 4.90. The van der Waals surface area contributed by atoms with Crippen LogP contribution in [0.2, 0.25) is 0 Å². The van der Waals surface area contributed by atoms with Crippen LogP contribution < -0.4 is 5.56 Å². The maximum atomic E-state index is 12.8. The predicted molar refractivity (Wildman–Crippen MR) is 99.4 cm³/mol. The van der Waals surface area contributed by atoms with Crippen molar-refractivity contribution in [3.63, 3.8) is 0 Å². The summed E-state index contributed by atoms with van der Waals surface area (Å²) in [5.41, 5.74) is 1.65. The summed E-state index contributed by atoms with van der Waals surface area (Å²) < 4.78 is 1.24. The van der Waals surface area contributed by atoms with Crippen LogP contribution in [0.4, 0.5) is 0 Å². The second-order valence-electron chi connectivity index (χ2n) is 6.75. The minimum absolute atomic E-state index is 0.0205. The highest BCUT2D eigenvalue weighted by atomic mass is 16.2. The van der Waals surface area contributed by atoms with Gasteiger partial charge in [0.05, 0.1) is 5.69 Å². The molecule has 1 N–H and O–H groups in total. The van der Waals surface area contributed by atoms with Gasteiger partial charge < -0.3 is 9.80 Å².